The minimum absolute atomic E-state index is 0.0704. The molecule has 12 heteroatoms. The fraction of sp³-hybridized carbons (Fsp3) is 0.281. The lowest BCUT2D eigenvalue weighted by atomic mass is 9.98. The van der Waals surface area contributed by atoms with Crippen molar-refractivity contribution in [2.75, 3.05) is 36.5 Å². The number of phenols is 1. The van der Waals surface area contributed by atoms with Crippen molar-refractivity contribution in [3.8, 4) is 22.6 Å². The maximum Gasteiger partial charge on any atom is 0.354 e. The van der Waals surface area contributed by atoms with Gasteiger partial charge in [0.1, 0.15) is 23.1 Å². The fourth-order valence-electron chi connectivity index (χ4n) is 6.23. The summed E-state index contributed by atoms with van der Waals surface area (Å²) in [7, 11) is 1.36. The number of benzene rings is 2. The molecule has 4 heterocycles. The van der Waals surface area contributed by atoms with Crippen molar-refractivity contribution in [2.45, 2.75) is 32.7 Å². The predicted molar refractivity (Wildman–Crippen MR) is 162 cm³/mol. The molecule has 1 N–H and O–H groups in total. The molecule has 2 amide bonds. The molecule has 0 spiro atoms. The lowest BCUT2D eigenvalue weighted by Crippen LogP contribution is -2.60. The quantitative estimate of drug-likeness (QED) is 0.352. The Morgan fingerprint density at radius 3 is 2.52 bits per heavy atom. The van der Waals surface area contributed by atoms with E-state index in [1.807, 2.05) is 13.8 Å². The van der Waals surface area contributed by atoms with E-state index in [9.17, 15) is 19.5 Å². The number of amides is 2. The highest BCUT2D eigenvalue weighted by molar-refractivity contribution is 6.14. The summed E-state index contributed by atoms with van der Waals surface area (Å²) < 4.78 is 35.1. The number of hydrogen-bond donors (Lipinski definition) is 1. The van der Waals surface area contributed by atoms with Crippen LogP contribution >= 0.6 is 0 Å². The van der Waals surface area contributed by atoms with Gasteiger partial charge in [0, 0.05) is 31.9 Å². The van der Waals surface area contributed by atoms with Crippen molar-refractivity contribution < 1.29 is 23.5 Å². The number of nitrogens with zero attached hydrogens (tertiary/aromatic N) is 6. The van der Waals surface area contributed by atoms with Crippen molar-refractivity contribution >= 4 is 34.2 Å². The number of aromatic hydroxyl groups is 1. The van der Waals surface area contributed by atoms with E-state index in [1.54, 1.807) is 19.2 Å². The molecule has 2 aliphatic heterocycles. The Morgan fingerprint density at radius 1 is 1.11 bits per heavy atom. The van der Waals surface area contributed by atoms with Crippen molar-refractivity contribution in [1.29, 1.82) is 0 Å². The van der Waals surface area contributed by atoms with Gasteiger partial charge in [-0.25, -0.2) is 13.6 Å². The first-order valence-electron chi connectivity index (χ1n) is 14.1. The molecule has 1 atom stereocenters. The Morgan fingerprint density at radius 2 is 1.84 bits per heavy atom. The van der Waals surface area contributed by atoms with Crippen LogP contribution in [-0.4, -0.2) is 69.1 Å². The van der Waals surface area contributed by atoms with E-state index in [4.69, 9.17) is 0 Å². The van der Waals surface area contributed by atoms with Gasteiger partial charge >= 0.3 is 5.69 Å². The lowest BCUT2D eigenvalue weighted by molar-refractivity contribution is -0.128. The summed E-state index contributed by atoms with van der Waals surface area (Å²) in [6, 6.07) is 6.32. The van der Waals surface area contributed by atoms with Gasteiger partial charge in [-0.1, -0.05) is 38.6 Å². The van der Waals surface area contributed by atoms with Crippen LogP contribution in [0, 0.1) is 18.6 Å². The number of aryl methyl sites for hydroxylation is 1. The summed E-state index contributed by atoms with van der Waals surface area (Å²) in [6.07, 6.45) is 2.73. The maximum atomic E-state index is 17.2. The number of para-hydroxylation sites is 1. The summed E-state index contributed by atoms with van der Waals surface area (Å²) in [5.74, 6) is -3.83. The maximum absolute atomic E-state index is 17.2. The van der Waals surface area contributed by atoms with Gasteiger partial charge in [0.25, 0.3) is 5.91 Å². The van der Waals surface area contributed by atoms with Gasteiger partial charge in [0.05, 0.1) is 34.6 Å². The number of aromatic nitrogens is 3. The predicted octanol–water partition coefficient (Wildman–Crippen LogP) is 4.04. The fourth-order valence-corrected chi connectivity index (χ4v) is 6.23. The monoisotopic (exact) mass is 600 g/mol. The molecule has 10 nitrogen and oxygen atoms in total. The van der Waals surface area contributed by atoms with E-state index in [-0.39, 0.29) is 65.2 Å². The zero-order chi connectivity index (χ0) is 31.6. The zero-order valence-electron chi connectivity index (χ0n) is 24.6. The molecule has 1 unspecified atom stereocenters. The third-order valence-electron chi connectivity index (χ3n) is 8.36. The summed E-state index contributed by atoms with van der Waals surface area (Å²) in [6.45, 7) is 9.20. The van der Waals surface area contributed by atoms with Crippen molar-refractivity contribution in [3.05, 3.63) is 82.6 Å². The van der Waals surface area contributed by atoms with Gasteiger partial charge in [0.15, 0.2) is 11.6 Å². The summed E-state index contributed by atoms with van der Waals surface area (Å²) in [5, 5.41) is 10.6. The number of halogens is 2. The highest BCUT2D eigenvalue weighted by atomic mass is 19.1. The Labute approximate surface area is 251 Å². The largest absolute Gasteiger partial charge is 0.507 e. The highest BCUT2D eigenvalue weighted by Gasteiger charge is 2.43. The second-order valence-electron chi connectivity index (χ2n) is 11.3. The third-order valence-corrected chi connectivity index (χ3v) is 8.36. The lowest BCUT2D eigenvalue weighted by Gasteiger charge is -2.40. The molecule has 4 aromatic rings. The number of piperazine rings is 1. The van der Waals surface area contributed by atoms with Gasteiger partial charge < -0.3 is 19.8 Å². The molecule has 0 bridgehead atoms. The van der Waals surface area contributed by atoms with Crippen LogP contribution in [0.1, 0.15) is 31.0 Å². The van der Waals surface area contributed by atoms with Gasteiger partial charge in [-0.15, -0.1) is 0 Å². The van der Waals surface area contributed by atoms with E-state index in [2.05, 4.69) is 16.5 Å². The van der Waals surface area contributed by atoms with E-state index in [0.29, 0.717) is 16.9 Å². The molecule has 2 aromatic heterocycles. The van der Waals surface area contributed by atoms with Crippen molar-refractivity contribution in [2.24, 2.45) is 0 Å². The summed E-state index contributed by atoms with van der Waals surface area (Å²) in [4.78, 5) is 53.5. The van der Waals surface area contributed by atoms with E-state index in [1.165, 1.54) is 41.1 Å². The van der Waals surface area contributed by atoms with Crippen LogP contribution in [0.15, 0.2) is 54.0 Å². The molecular formula is C32H30F2N6O4. The van der Waals surface area contributed by atoms with E-state index in [0.717, 1.165) is 15.5 Å². The Hall–Kier alpha value is -5.13. The molecule has 0 saturated carbocycles. The number of rotatable bonds is 4. The Kier molecular flexibility index (Phi) is 6.94. The van der Waals surface area contributed by atoms with Crippen LogP contribution in [0.4, 0.5) is 20.3 Å². The topological polar surface area (TPSA) is 112 Å². The van der Waals surface area contributed by atoms with Crippen LogP contribution in [0.2, 0.25) is 0 Å². The van der Waals surface area contributed by atoms with Crippen LogP contribution in [-0.2, 0) is 9.59 Å². The first-order valence-corrected chi connectivity index (χ1v) is 14.1. The smallest absolute Gasteiger partial charge is 0.354 e. The van der Waals surface area contributed by atoms with E-state index >= 15 is 8.78 Å². The van der Waals surface area contributed by atoms with Crippen molar-refractivity contribution in [3.63, 3.8) is 0 Å². The first-order chi connectivity index (χ1) is 21.0. The number of phenolic OH excluding ortho intramolecular Hbond substituents is 1. The average molecular weight is 601 g/mol. The van der Waals surface area contributed by atoms with Crippen LogP contribution in [0.25, 0.3) is 27.7 Å². The van der Waals surface area contributed by atoms with Gasteiger partial charge in [-0.05, 0) is 36.6 Å². The molecule has 1 saturated heterocycles. The molecule has 1 fully saturated rings. The second-order valence-corrected chi connectivity index (χ2v) is 11.3. The first kappa shape index (κ1) is 29.0. The molecule has 44 heavy (non-hydrogen) atoms. The average Bonchev–Trinajstić information content (AvgIpc) is 3.09. The number of fused-ring (bicyclic) bond motifs is 2. The number of anilines is 2. The number of pyridine rings is 1. The molecule has 0 aliphatic carbocycles. The number of carbonyl (C=O) groups excluding carboxylic acids is 2. The standard InChI is InChI=1S/C32H30F2N6O4/c1-6-21(42)38-13-14-39-19(15-38)31(43)37(5)28-23-29(25(34)22(24(28)33)18-9-7-8-10-20(18)41)40(32(44)36-30(23)39)27-17(4)11-12-35-26(27)16(2)3/h6-12,16,19,41H,1,13-15H2,2-5H3. The normalized spacial score (nSPS) is 16.4. The van der Waals surface area contributed by atoms with Gasteiger partial charge in [-0.2, -0.15) is 4.98 Å². The van der Waals surface area contributed by atoms with Crippen molar-refractivity contribution in [1.82, 2.24) is 19.4 Å². The second kappa shape index (κ2) is 10.5. The Balaban J connectivity index is 1.80. The SMILES string of the molecule is C=CC(=O)N1CCN2c3nc(=O)n(-c4c(C)ccnc4C(C)C)c4c(F)c(-c5ccccc5O)c(F)c(c34)N(C)C(=O)C2C1. The molecule has 0 radical (unpaired) electrons. The van der Waals surface area contributed by atoms with Crippen LogP contribution < -0.4 is 15.5 Å². The number of hydrogen-bond acceptors (Lipinski definition) is 7. The third kappa shape index (κ3) is 4.15. The van der Waals surface area contributed by atoms with Crippen LogP contribution in [0.3, 0.4) is 0 Å². The molecule has 2 aromatic carbocycles. The molecule has 2 aliphatic rings. The van der Waals surface area contributed by atoms with Gasteiger partial charge in [-0.3, -0.25) is 19.1 Å². The molecular weight excluding hydrogens is 570 g/mol. The Bertz CT molecular complexity index is 1960. The minimum Gasteiger partial charge on any atom is -0.507 e. The number of likely N-dealkylation sites (N-methyl/N-ethyl adjacent to an activating group) is 1. The van der Waals surface area contributed by atoms with E-state index < -0.39 is 34.8 Å². The zero-order valence-corrected chi connectivity index (χ0v) is 24.6. The number of carbonyl (C=O) groups is 2. The molecule has 6 rings (SSSR count). The van der Waals surface area contributed by atoms with Gasteiger partial charge in [0.2, 0.25) is 5.91 Å². The minimum atomic E-state index is -1.11. The summed E-state index contributed by atoms with van der Waals surface area (Å²) in [5.41, 5.74) is -0.840. The van der Waals surface area contributed by atoms with Crippen LogP contribution in [0.5, 0.6) is 5.75 Å². The highest BCUT2D eigenvalue weighted by Crippen LogP contribution is 2.47. The molecule has 226 valence electrons. The summed E-state index contributed by atoms with van der Waals surface area (Å²) >= 11 is 0.